The molecule has 0 aliphatic rings. The van der Waals surface area contributed by atoms with Gasteiger partial charge in [-0.15, -0.1) is 0 Å². The molecule has 7 heteroatoms. The topological polar surface area (TPSA) is 66.5 Å². The van der Waals surface area contributed by atoms with Gasteiger partial charge in [0.05, 0.1) is 10.6 Å². The lowest BCUT2D eigenvalue weighted by molar-refractivity contribution is -0.119. The van der Waals surface area contributed by atoms with Crippen molar-refractivity contribution in [1.29, 1.82) is 0 Å². The van der Waals surface area contributed by atoms with E-state index in [0.717, 1.165) is 10.4 Å². The number of para-hydroxylation sites is 1. The molecule has 0 radical (unpaired) electrons. The van der Waals surface area contributed by atoms with Crippen LogP contribution in [0.15, 0.2) is 59.5 Å². The van der Waals surface area contributed by atoms with E-state index in [4.69, 9.17) is 0 Å². The van der Waals surface area contributed by atoms with Crippen molar-refractivity contribution in [3.05, 3.63) is 60.4 Å². The molecule has 0 aliphatic carbocycles. The number of hydrogen-bond donors (Lipinski definition) is 1. The zero-order valence-electron chi connectivity index (χ0n) is 12.6. The number of anilines is 1. The SMILES string of the molecule is CCNC(=O)CN(c1ccccc1F)S(=O)(=O)c1ccccc1. The Balaban J connectivity index is 2.50. The Morgan fingerprint density at radius 2 is 1.70 bits per heavy atom. The maximum absolute atomic E-state index is 14.1. The lowest BCUT2D eigenvalue weighted by Gasteiger charge is -2.24. The van der Waals surface area contributed by atoms with Crippen molar-refractivity contribution in [3.63, 3.8) is 0 Å². The van der Waals surface area contributed by atoms with Crippen molar-refractivity contribution in [2.24, 2.45) is 0 Å². The third-order valence-electron chi connectivity index (χ3n) is 3.11. The van der Waals surface area contributed by atoms with Gasteiger partial charge in [-0.25, -0.2) is 12.8 Å². The lowest BCUT2D eigenvalue weighted by Crippen LogP contribution is -2.41. The number of nitrogens with one attached hydrogen (secondary N) is 1. The minimum Gasteiger partial charge on any atom is -0.355 e. The van der Waals surface area contributed by atoms with Gasteiger partial charge in [-0.3, -0.25) is 9.10 Å². The predicted octanol–water partition coefficient (Wildman–Crippen LogP) is 2.16. The van der Waals surface area contributed by atoms with Crippen molar-refractivity contribution >= 4 is 21.6 Å². The number of carbonyl (C=O) groups excluding carboxylic acids is 1. The van der Waals surface area contributed by atoms with E-state index in [1.54, 1.807) is 25.1 Å². The fourth-order valence-electron chi connectivity index (χ4n) is 2.06. The fraction of sp³-hybridized carbons (Fsp3) is 0.188. The second-order valence-corrected chi connectivity index (χ2v) is 6.59. The molecule has 1 N–H and O–H groups in total. The highest BCUT2D eigenvalue weighted by Gasteiger charge is 2.28. The Bertz CT molecular complexity index is 779. The molecule has 0 heterocycles. The van der Waals surface area contributed by atoms with E-state index in [9.17, 15) is 17.6 Å². The molecular weight excluding hydrogens is 319 g/mol. The van der Waals surface area contributed by atoms with Gasteiger partial charge in [0.25, 0.3) is 10.0 Å². The Hall–Kier alpha value is -2.41. The molecule has 0 spiro atoms. The van der Waals surface area contributed by atoms with Crippen LogP contribution in [0.2, 0.25) is 0 Å². The summed E-state index contributed by atoms with van der Waals surface area (Å²) in [4.78, 5) is 11.9. The number of hydrogen-bond acceptors (Lipinski definition) is 3. The summed E-state index contributed by atoms with van der Waals surface area (Å²) in [7, 11) is -4.06. The van der Waals surface area contributed by atoms with Crippen molar-refractivity contribution in [2.45, 2.75) is 11.8 Å². The molecule has 2 aromatic carbocycles. The van der Waals surface area contributed by atoms with Crippen molar-refractivity contribution in [3.8, 4) is 0 Å². The molecule has 122 valence electrons. The van der Waals surface area contributed by atoms with Crippen LogP contribution in [-0.4, -0.2) is 27.4 Å². The molecule has 1 amide bonds. The molecule has 0 saturated heterocycles. The normalized spacial score (nSPS) is 11.0. The van der Waals surface area contributed by atoms with Crippen molar-refractivity contribution < 1.29 is 17.6 Å². The minimum absolute atomic E-state index is 0.00690. The summed E-state index contributed by atoms with van der Waals surface area (Å²) < 4.78 is 40.5. The van der Waals surface area contributed by atoms with E-state index in [1.165, 1.54) is 30.3 Å². The van der Waals surface area contributed by atoms with Gasteiger partial charge >= 0.3 is 0 Å². The molecule has 0 saturated carbocycles. The quantitative estimate of drug-likeness (QED) is 0.879. The number of nitrogens with zero attached hydrogens (tertiary/aromatic N) is 1. The van der Waals surface area contributed by atoms with Crippen LogP contribution in [0.4, 0.5) is 10.1 Å². The largest absolute Gasteiger partial charge is 0.355 e. The lowest BCUT2D eigenvalue weighted by atomic mass is 10.3. The van der Waals surface area contributed by atoms with Crippen LogP contribution in [-0.2, 0) is 14.8 Å². The van der Waals surface area contributed by atoms with Gasteiger partial charge in [-0.05, 0) is 31.2 Å². The summed E-state index contributed by atoms with van der Waals surface area (Å²) in [5.41, 5.74) is -0.164. The molecular formula is C16H17FN2O3S. The summed E-state index contributed by atoms with van der Waals surface area (Å²) in [6, 6.07) is 13.1. The van der Waals surface area contributed by atoms with E-state index in [0.29, 0.717) is 6.54 Å². The first-order chi connectivity index (χ1) is 11.0. The third kappa shape index (κ3) is 3.87. The fourth-order valence-corrected chi connectivity index (χ4v) is 3.51. The van der Waals surface area contributed by atoms with E-state index < -0.39 is 28.3 Å². The van der Waals surface area contributed by atoms with Crippen LogP contribution in [0, 0.1) is 5.82 Å². The number of sulfonamides is 1. The third-order valence-corrected chi connectivity index (χ3v) is 4.89. The number of amides is 1. The average Bonchev–Trinajstić information content (AvgIpc) is 2.54. The zero-order valence-corrected chi connectivity index (χ0v) is 13.4. The molecule has 0 bridgehead atoms. The maximum Gasteiger partial charge on any atom is 0.264 e. The number of halogens is 1. The van der Waals surface area contributed by atoms with Gasteiger partial charge < -0.3 is 5.32 Å². The van der Waals surface area contributed by atoms with E-state index >= 15 is 0 Å². The summed E-state index contributed by atoms with van der Waals surface area (Å²) in [5.74, 6) is -1.22. The second kappa shape index (κ2) is 7.23. The first kappa shape index (κ1) is 17.0. The number of benzene rings is 2. The predicted molar refractivity (Wildman–Crippen MR) is 86.1 cm³/mol. The molecule has 0 fully saturated rings. The van der Waals surface area contributed by atoms with Crippen molar-refractivity contribution in [1.82, 2.24) is 5.32 Å². The molecule has 23 heavy (non-hydrogen) atoms. The van der Waals surface area contributed by atoms with Gasteiger partial charge in [-0.2, -0.15) is 0 Å². The first-order valence-electron chi connectivity index (χ1n) is 7.06. The molecule has 0 atom stereocenters. The highest BCUT2D eigenvalue weighted by molar-refractivity contribution is 7.92. The Labute approximate surface area is 134 Å². The Kier molecular flexibility index (Phi) is 5.33. The second-order valence-electron chi connectivity index (χ2n) is 4.73. The van der Waals surface area contributed by atoms with Crippen LogP contribution in [0.1, 0.15) is 6.92 Å². The van der Waals surface area contributed by atoms with E-state index in [-0.39, 0.29) is 10.6 Å². The van der Waals surface area contributed by atoms with Gasteiger partial charge in [0.1, 0.15) is 12.4 Å². The van der Waals surface area contributed by atoms with Crippen LogP contribution in [0.25, 0.3) is 0 Å². The maximum atomic E-state index is 14.1. The first-order valence-corrected chi connectivity index (χ1v) is 8.50. The Morgan fingerprint density at radius 3 is 2.30 bits per heavy atom. The number of rotatable bonds is 6. The molecule has 0 unspecified atom stereocenters. The van der Waals surface area contributed by atoms with Crippen molar-refractivity contribution in [2.75, 3.05) is 17.4 Å². The van der Waals surface area contributed by atoms with Gasteiger partial charge in [0.15, 0.2) is 0 Å². The van der Waals surface area contributed by atoms with Gasteiger partial charge in [0.2, 0.25) is 5.91 Å². The van der Waals surface area contributed by atoms with E-state index in [1.807, 2.05) is 0 Å². The van der Waals surface area contributed by atoms with Crippen LogP contribution in [0.3, 0.4) is 0 Å². The summed E-state index contributed by atoms with van der Waals surface area (Å²) in [6.45, 7) is 1.58. The Morgan fingerprint density at radius 1 is 1.09 bits per heavy atom. The number of carbonyl (C=O) groups is 1. The van der Waals surface area contributed by atoms with Crippen LogP contribution >= 0.6 is 0 Å². The smallest absolute Gasteiger partial charge is 0.264 e. The monoisotopic (exact) mass is 336 g/mol. The van der Waals surface area contributed by atoms with Crippen LogP contribution in [0.5, 0.6) is 0 Å². The van der Waals surface area contributed by atoms with E-state index in [2.05, 4.69) is 5.32 Å². The molecule has 5 nitrogen and oxygen atoms in total. The number of likely N-dealkylation sites (N-methyl/N-ethyl adjacent to an activating group) is 1. The molecule has 0 aromatic heterocycles. The standard InChI is InChI=1S/C16H17FN2O3S/c1-2-18-16(20)12-19(15-11-7-6-10-14(15)17)23(21,22)13-8-4-3-5-9-13/h3-11H,2,12H2,1H3,(H,18,20). The summed E-state index contributed by atoms with van der Waals surface area (Å²) >= 11 is 0. The van der Waals surface area contributed by atoms with Crippen LogP contribution < -0.4 is 9.62 Å². The molecule has 2 aromatic rings. The molecule has 2 rings (SSSR count). The highest BCUT2D eigenvalue weighted by Crippen LogP contribution is 2.25. The summed E-state index contributed by atoms with van der Waals surface area (Å²) in [5, 5.41) is 2.52. The molecule has 0 aliphatic heterocycles. The minimum atomic E-state index is -4.06. The average molecular weight is 336 g/mol. The highest BCUT2D eigenvalue weighted by atomic mass is 32.2. The van der Waals surface area contributed by atoms with Gasteiger partial charge in [-0.1, -0.05) is 30.3 Å². The summed E-state index contributed by atoms with van der Waals surface area (Å²) in [6.07, 6.45) is 0. The zero-order chi connectivity index (χ0) is 16.9. The van der Waals surface area contributed by atoms with Gasteiger partial charge in [0, 0.05) is 6.54 Å².